The molecular formula is C31H40N2O5S. The number of methoxy groups -OCH3 is 1. The van der Waals surface area contributed by atoms with Crippen molar-refractivity contribution in [3.8, 4) is 11.5 Å². The fourth-order valence-electron chi connectivity index (χ4n) is 8.12. The predicted molar refractivity (Wildman–Crippen MR) is 152 cm³/mol. The Hall–Kier alpha value is -2.39. The first-order valence-electron chi connectivity index (χ1n) is 14.1. The molecular weight excluding hydrogens is 512 g/mol. The minimum atomic E-state index is -3.67. The van der Waals surface area contributed by atoms with Gasteiger partial charge >= 0.3 is 0 Å². The molecule has 0 radical (unpaired) electrons. The van der Waals surface area contributed by atoms with Gasteiger partial charge in [-0.3, -0.25) is 4.90 Å². The maximum Gasteiger partial charge on any atom is 0.218 e. The molecule has 1 N–H and O–H groups in total. The number of rotatable bonds is 9. The Morgan fingerprint density at radius 1 is 1.23 bits per heavy atom. The van der Waals surface area contributed by atoms with Crippen molar-refractivity contribution in [2.75, 3.05) is 26.7 Å². The fraction of sp³-hybridized carbons (Fsp3) is 0.548. The number of nitrogens with zero attached hydrogens (tertiary/aromatic N) is 2. The highest BCUT2D eigenvalue weighted by atomic mass is 32.2. The van der Waals surface area contributed by atoms with E-state index in [1.165, 1.54) is 5.56 Å². The van der Waals surface area contributed by atoms with Crippen molar-refractivity contribution in [2.24, 2.45) is 5.92 Å². The van der Waals surface area contributed by atoms with E-state index in [9.17, 15) is 13.5 Å². The molecule has 4 aliphatic rings. The van der Waals surface area contributed by atoms with Crippen LogP contribution in [0.2, 0.25) is 0 Å². The second-order valence-electron chi connectivity index (χ2n) is 12.1. The van der Waals surface area contributed by atoms with Crippen molar-refractivity contribution in [1.82, 2.24) is 9.21 Å². The summed E-state index contributed by atoms with van der Waals surface area (Å²) in [5, 5.41) is 12.7. The minimum Gasteiger partial charge on any atom is -0.493 e. The molecule has 8 heteroatoms. The van der Waals surface area contributed by atoms with E-state index in [1.54, 1.807) is 11.4 Å². The predicted octanol–water partition coefficient (Wildman–Crippen LogP) is 3.89. The molecule has 210 valence electrons. The quantitative estimate of drug-likeness (QED) is 0.476. The summed E-state index contributed by atoms with van der Waals surface area (Å²) >= 11 is 0. The van der Waals surface area contributed by atoms with Gasteiger partial charge in [0.05, 0.1) is 29.9 Å². The molecule has 1 saturated carbocycles. The van der Waals surface area contributed by atoms with Gasteiger partial charge in [-0.2, -0.15) is 4.31 Å². The molecule has 2 aliphatic carbocycles. The molecule has 1 spiro atoms. The third kappa shape index (κ3) is 3.90. The largest absolute Gasteiger partial charge is 0.493 e. The van der Waals surface area contributed by atoms with Crippen molar-refractivity contribution < 1.29 is 23.0 Å². The summed E-state index contributed by atoms with van der Waals surface area (Å²) in [5.74, 6) is 1.41. The molecule has 2 aromatic rings. The van der Waals surface area contributed by atoms with E-state index in [0.717, 1.165) is 24.1 Å². The van der Waals surface area contributed by atoms with Crippen molar-refractivity contribution in [2.45, 2.75) is 74.5 Å². The SMILES string of the molecule is C=CCN1CC[C@]23c4c5ccc(OC)c4OC2C(N(CC(C)C)S(=O)(=O)Cc2ccccc2)CC[C@@]3(O)[C@H]1C5. The van der Waals surface area contributed by atoms with Crippen LogP contribution in [0.5, 0.6) is 11.5 Å². The summed E-state index contributed by atoms with van der Waals surface area (Å²) in [6.45, 7) is 9.98. The molecule has 6 rings (SSSR count). The lowest BCUT2D eigenvalue weighted by Gasteiger charge is -2.64. The molecule has 7 nitrogen and oxygen atoms in total. The number of hydrogen-bond donors (Lipinski definition) is 1. The van der Waals surface area contributed by atoms with Crippen molar-refractivity contribution in [3.05, 3.63) is 71.8 Å². The molecule has 2 aliphatic heterocycles. The van der Waals surface area contributed by atoms with Gasteiger partial charge in [-0.15, -0.1) is 6.58 Å². The zero-order valence-corrected chi connectivity index (χ0v) is 24.0. The van der Waals surface area contributed by atoms with Crippen molar-refractivity contribution in [3.63, 3.8) is 0 Å². The van der Waals surface area contributed by atoms with Crippen LogP contribution in [0.4, 0.5) is 0 Å². The summed E-state index contributed by atoms with van der Waals surface area (Å²) in [7, 11) is -2.04. The average Bonchev–Trinajstić information content (AvgIpc) is 3.25. The standard InChI is InChI=1S/C31H40N2O5S/c1-5-16-32-17-15-30-27-23-11-12-25(37-4)28(27)38-29(30)24(13-14-31(30,34)26(32)18-23)33(19-21(2)3)39(35,36)20-22-9-7-6-8-10-22/h5-12,21,24,26,29,34H,1,13-20H2,2-4H3/t24?,26-,29?,30+,31-/m1/s1. The summed E-state index contributed by atoms with van der Waals surface area (Å²) in [6, 6.07) is 13.0. The van der Waals surface area contributed by atoms with Crippen LogP contribution in [0.1, 0.15) is 49.8 Å². The lowest BCUT2D eigenvalue weighted by atomic mass is 9.48. The van der Waals surface area contributed by atoms with Crippen LogP contribution < -0.4 is 9.47 Å². The van der Waals surface area contributed by atoms with E-state index in [0.29, 0.717) is 43.9 Å². The van der Waals surface area contributed by atoms with E-state index >= 15 is 0 Å². The lowest BCUT2D eigenvalue weighted by Crippen LogP contribution is -2.78. The second-order valence-corrected chi connectivity index (χ2v) is 14.1. The van der Waals surface area contributed by atoms with Gasteiger partial charge in [-0.1, -0.05) is 56.3 Å². The molecule has 5 atom stereocenters. The Labute approximate surface area is 232 Å². The second kappa shape index (κ2) is 9.61. The molecule has 2 bridgehead atoms. The smallest absolute Gasteiger partial charge is 0.218 e. The average molecular weight is 553 g/mol. The van der Waals surface area contributed by atoms with Crippen molar-refractivity contribution >= 4 is 10.0 Å². The highest BCUT2D eigenvalue weighted by Gasteiger charge is 2.73. The molecule has 1 saturated heterocycles. The number of benzene rings is 2. The number of ether oxygens (including phenoxy) is 2. The summed E-state index contributed by atoms with van der Waals surface area (Å²) in [5.41, 5.74) is 1.24. The van der Waals surface area contributed by atoms with Crippen LogP contribution in [0, 0.1) is 5.92 Å². The number of sulfonamides is 1. The zero-order chi connectivity index (χ0) is 27.6. The third-order valence-electron chi connectivity index (χ3n) is 9.57. The Balaban J connectivity index is 1.48. The topological polar surface area (TPSA) is 79.3 Å². The Kier molecular flexibility index (Phi) is 6.61. The van der Waals surface area contributed by atoms with Gasteiger partial charge < -0.3 is 14.6 Å². The Bertz CT molecular complexity index is 1360. The van der Waals surface area contributed by atoms with Crippen LogP contribution >= 0.6 is 0 Å². The summed E-state index contributed by atoms with van der Waals surface area (Å²) < 4.78 is 42.6. The first kappa shape index (κ1) is 26.8. The number of likely N-dealkylation sites (tertiary alicyclic amines) is 1. The molecule has 0 amide bonds. The summed E-state index contributed by atoms with van der Waals surface area (Å²) in [4.78, 5) is 2.35. The van der Waals surface area contributed by atoms with Crippen LogP contribution in [0.3, 0.4) is 0 Å². The van der Waals surface area contributed by atoms with E-state index in [4.69, 9.17) is 9.47 Å². The number of aliphatic hydroxyl groups is 1. The van der Waals surface area contributed by atoms with Crippen LogP contribution in [0.15, 0.2) is 55.1 Å². The Morgan fingerprint density at radius 2 is 2.00 bits per heavy atom. The number of hydrogen-bond acceptors (Lipinski definition) is 6. The molecule has 2 aromatic carbocycles. The van der Waals surface area contributed by atoms with Crippen LogP contribution in [-0.2, 0) is 27.6 Å². The first-order chi connectivity index (χ1) is 18.7. The summed E-state index contributed by atoms with van der Waals surface area (Å²) in [6.07, 6.45) is 3.87. The maximum atomic E-state index is 14.1. The molecule has 2 heterocycles. The highest BCUT2D eigenvalue weighted by molar-refractivity contribution is 7.88. The Morgan fingerprint density at radius 3 is 2.69 bits per heavy atom. The normalized spacial score (nSPS) is 31.2. The zero-order valence-electron chi connectivity index (χ0n) is 23.2. The molecule has 2 fully saturated rings. The van der Waals surface area contributed by atoms with Gasteiger partial charge in [0.25, 0.3) is 0 Å². The third-order valence-corrected chi connectivity index (χ3v) is 11.4. The molecule has 2 unspecified atom stereocenters. The van der Waals surface area contributed by atoms with Gasteiger partial charge in [0.2, 0.25) is 10.0 Å². The van der Waals surface area contributed by atoms with Gasteiger partial charge in [0.1, 0.15) is 6.10 Å². The van der Waals surface area contributed by atoms with Crippen LogP contribution in [-0.4, -0.2) is 73.3 Å². The molecule has 0 aromatic heterocycles. The van der Waals surface area contributed by atoms with Crippen LogP contribution in [0.25, 0.3) is 0 Å². The van der Waals surface area contributed by atoms with E-state index in [1.807, 2.05) is 42.5 Å². The highest BCUT2D eigenvalue weighted by Crippen LogP contribution is 2.66. The minimum absolute atomic E-state index is 0.0572. The first-order valence-corrected chi connectivity index (χ1v) is 15.7. The van der Waals surface area contributed by atoms with E-state index < -0.39 is 33.2 Å². The maximum absolute atomic E-state index is 14.1. The fourth-order valence-corrected chi connectivity index (χ4v) is 10.1. The monoisotopic (exact) mass is 552 g/mol. The van der Waals surface area contributed by atoms with Gasteiger partial charge in [-0.05, 0) is 55.3 Å². The number of piperidine rings is 1. The van der Waals surface area contributed by atoms with Crippen molar-refractivity contribution in [1.29, 1.82) is 0 Å². The lowest BCUT2D eigenvalue weighted by molar-refractivity contribution is -0.194. The van der Waals surface area contributed by atoms with Gasteiger partial charge in [0.15, 0.2) is 11.5 Å². The van der Waals surface area contributed by atoms with Gasteiger partial charge in [-0.25, -0.2) is 8.42 Å². The van der Waals surface area contributed by atoms with E-state index in [2.05, 4.69) is 31.4 Å². The van der Waals surface area contributed by atoms with E-state index in [-0.39, 0.29) is 17.7 Å². The van der Waals surface area contributed by atoms with Gasteiger partial charge in [0, 0.05) is 24.7 Å². The molecule has 39 heavy (non-hydrogen) atoms.